The van der Waals surface area contributed by atoms with E-state index in [0.29, 0.717) is 5.69 Å². The predicted octanol–water partition coefficient (Wildman–Crippen LogP) is 4.37. The molecule has 3 nitrogen and oxygen atoms in total. The van der Waals surface area contributed by atoms with Crippen molar-refractivity contribution in [2.45, 2.75) is 50.8 Å². The van der Waals surface area contributed by atoms with Crippen molar-refractivity contribution < 1.29 is 9.90 Å². The van der Waals surface area contributed by atoms with Gasteiger partial charge in [-0.25, -0.2) is 0 Å². The van der Waals surface area contributed by atoms with Crippen LogP contribution in [0.4, 0.5) is 5.69 Å². The zero-order valence-electron chi connectivity index (χ0n) is 11.6. The molecule has 0 aliphatic heterocycles. The van der Waals surface area contributed by atoms with E-state index in [0.717, 1.165) is 24.8 Å². The van der Waals surface area contributed by atoms with E-state index in [1.165, 1.54) is 12.8 Å². The van der Waals surface area contributed by atoms with Crippen molar-refractivity contribution in [3.63, 3.8) is 0 Å². The SMILES string of the molecule is CCCCCCC(Br)C(=O)Nc1cc(C)ccc1O. The highest BCUT2D eigenvalue weighted by Crippen LogP contribution is 2.25. The van der Waals surface area contributed by atoms with Crippen LogP contribution in [0.5, 0.6) is 5.75 Å². The molecule has 0 bridgehead atoms. The fourth-order valence-electron chi connectivity index (χ4n) is 1.84. The summed E-state index contributed by atoms with van der Waals surface area (Å²) in [7, 11) is 0. The summed E-state index contributed by atoms with van der Waals surface area (Å²) in [5.41, 5.74) is 1.48. The first-order valence-electron chi connectivity index (χ1n) is 6.79. The first kappa shape index (κ1) is 16.0. The summed E-state index contributed by atoms with van der Waals surface area (Å²) in [6, 6.07) is 5.17. The zero-order chi connectivity index (χ0) is 14.3. The van der Waals surface area contributed by atoms with E-state index in [2.05, 4.69) is 28.2 Å². The number of carbonyl (C=O) groups excluding carboxylic acids is 1. The van der Waals surface area contributed by atoms with Crippen LogP contribution in [0, 0.1) is 6.92 Å². The van der Waals surface area contributed by atoms with E-state index < -0.39 is 0 Å². The minimum atomic E-state index is -0.204. The van der Waals surface area contributed by atoms with Crippen molar-refractivity contribution in [1.29, 1.82) is 0 Å². The van der Waals surface area contributed by atoms with Crippen LogP contribution in [-0.4, -0.2) is 15.8 Å². The lowest BCUT2D eigenvalue weighted by Crippen LogP contribution is -2.22. The highest BCUT2D eigenvalue weighted by atomic mass is 79.9. The maximum Gasteiger partial charge on any atom is 0.238 e. The van der Waals surface area contributed by atoms with Gasteiger partial charge in [0.15, 0.2) is 0 Å². The smallest absolute Gasteiger partial charge is 0.238 e. The van der Waals surface area contributed by atoms with Gasteiger partial charge in [0.25, 0.3) is 0 Å². The summed E-state index contributed by atoms with van der Waals surface area (Å²) in [4.78, 5) is 11.8. The van der Waals surface area contributed by atoms with E-state index in [-0.39, 0.29) is 16.5 Å². The van der Waals surface area contributed by atoms with Gasteiger partial charge in [-0.3, -0.25) is 4.79 Å². The van der Waals surface area contributed by atoms with Crippen molar-refractivity contribution in [2.75, 3.05) is 5.32 Å². The van der Waals surface area contributed by atoms with Crippen molar-refractivity contribution in [3.8, 4) is 5.75 Å². The van der Waals surface area contributed by atoms with Crippen LogP contribution in [0.1, 0.15) is 44.6 Å². The molecule has 0 spiro atoms. The van der Waals surface area contributed by atoms with Crippen LogP contribution in [0.25, 0.3) is 0 Å². The molecule has 19 heavy (non-hydrogen) atoms. The van der Waals surface area contributed by atoms with Crippen molar-refractivity contribution in [1.82, 2.24) is 0 Å². The highest BCUT2D eigenvalue weighted by molar-refractivity contribution is 9.10. The molecule has 0 fully saturated rings. The lowest BCUT2D eigenvalue weighted by Gasteiger charge is -2.12. The Kier molecular flexibility index (Phi) is 6.92. The van der Waals surface area contributed by atoms with Crippen molar-refractivity contribution in [3.05, 3.63) is 23.8 Å². The molecule has 106 valence electrons. The van der Waals surface area contributed by atoms with Crippen molar-refractivity contribution in [2.24, 2.45) is 0 Å². The third-order valence-corrected chi connectivity index (χ3v) is 3.88. The van der Waals surface area contributed by atoms with Crippen LogP contribution < -0.4 is 5.32 Å². The molecule has 1 unspecified atom stereocenters. The minimum absolute atomic E-state index is 0.0996. The van der Waals surface area contributed by atoms with E-state index >= 15 is 0 Å². The molecule has 0 saturated carbocycles. The van der Waals surface area contributed by atoms with Gasteiger partial charge in [-0.15, -0.1) is 0 Å². The second-order valence-electron chi connectivity index (χ2n) is 4.83. The van der Waals surface area contributed by atoms with Gasteiger partial charge >= 0.3 is 0 Å². The zero-order valence-corrected chi connectivity index (χ0v) is 13.2. The molecular formula is C15H22BrNO2. The third-order valence-electron chi connectivity index (χ3n) is 3.01. The number of unbranched alkanes of at least 4 members (excludes halogenated alkanes) is 3. The Labute approximate surface area is 123 Å². The Bertz CT molecular complexity index is 421. The maximum absolute atomic E-state index is 12.0. The monoisotopic (exact) mass is 327 g/mol. The van der Waals surface area contributed by atoms with Gasteiger partial charge in [0, 0.05) is 0 Å². The molecule has 1 atom stereocenters. The Morgan fingerprint density at radius 3 is 2.79 bits per heavy atom. The largest absolute Gasteiger partial charge is 0.506 e. The van der Waals surface area contributed by atoms with E-state index in [9.17, 15) is 9.90 Å². The van der Waals surface area contributed by atoms with Gasteiger partial charge in [-0.1, -0.05) is 54.6 Å². The summed E-state index contributed by atoms with van der Waals surface area (Å²) in [5, 5.41) is 12.4. The van der Waals surface area contributed by atoms with Crippen molar-refractivity contribution >= 4 is 27.5 Å². The lowest BCUT2D eigenvalue weighted by atomic mass is 10.1. The number of aromatic hydroxyl groups is 1. The van der Waals surface area contributed by atoms with Crippen LogP contribution >= 0.6 is 15.9 Å². The van der Waals surface area contributed by atoms with Gasteiger partial charge in [-0.05, 0) is 31.0 Å². The number of amides is 1. The van der Waals surface area contributed by atoms with Crippen LogP contribution in [0.3, 0.4) is 0 Å². The Hall–Kier alpha value is -1.03. The highest BCUT2D eigenvalue weighted by Gasteiger charge is 2.15. The average Bonchev–Trinajstić information content (AvgIpc) is 2.38. The second kappa shape index (κ2) is 8.20. The standard InChI is InChI=1S/C15H22BrNO2/c1-3-4-5-6-7-12(16)15(19)17-13-10-11(2)8-9-14(13)18/h8-10,12,18H,3-7H2,1-2H3,(H,17,19). The number of hydrogen-bond acceptors (Lipinski definition) is 2. The number of benzene rings is 1. The summed E-state index contributed by atoms with van der Waals surface area (Å²) in [6.45, 7) is 4.09. The average molecular weight is 328 g/mol. The molecule has 0 radical (unpaired) electrons. The number of rotatable bonds is 7. The quantitative estimate of drug-likeness (QED) is 0.443. The normalized spacial score (nSPS) is 12.2. The Morgan fingerprint density at radius 1 is 1.37 bits per heavy atom. The number of carbonyl (C=O) groups is 1. The number of hydrogen-bond donors (Lipinski definition) is 2. The summed E-state index contributed by atoms with van der Waals surface area (Å²) >= 11 is 3.40. The number of anilines is 1. The molecule has 0 aliphatic rings. The molecule has 0 heterocycles. The second-order valence-corrected chi connectivity index (χ2v) is 5.93. The maximum atomic E-state index is 12.0. The molecule has 4 heteroatoms. The third kappa shape index (κ3) is 5.64. The molecule has 1 aromatic rings. The van der Waals surface area contributed by atoms with E-state index in [4.69, 9.17) is 0 Å². The van der Waals surface area contributed by atoms with Crippen LogP contribution in [0.2, 0.25) is 0 Å². The number of aryl methyl sites for hydroxylation is 1. The molecular weight excluding hydrogens is 306 g/mol. The first-order chi connectivity index (χ1) is 9.04. The number of phenolic OH excluding ortho intramolecular Hbond substituents is 1. The van der Waals surface area contributed by atoms with Crippen LogP contribution in [-0.2, 0) is 4.79 Å². The number of alkyl halides is 1. The van der Waals surface area contributed by atoms with Crippen LogP contribution in [0.15, 0.2) is 18.2 Å². The summed E-state index contributed by atoms with van der Waals surface area (Å²) in [5.74, 6) is 0.00188. The van der Waals surface area contributed by atoms with Gasteiger partial charge in [0.2, 0.25) is 5.91 Å². The lowest BCUT2D eigenvalue weighted by molar-refractivity contribution is -0.115. The van der Waals surface area contributed by atoms with E-state index in [1.54, 1.807) is 18.2 Å². The van der Waals surface area contributed by atoms with Gasteiger partial charge in [0.1, 0.15) is 5.75 Å². The molecule has 0 aliphatic carbocycles. The number of halogens is 1. The predicted molar refractivity (Wildman–Crippen MR) is 82.9 cm³/mol. The molecule has 1 aromatic carbocycles. The van der Waals surface area contributed by atoms with Gasteiger partial charge < -0.3 is 10.4 Å². The molecule has 1 amide bonds. The Balaban J connectivity index is 2.47. The molecule has 0 saturated heterocycles. The summed E-state index contributed by atoms with van der Waals surface area (Å²) < 4.78 is 0. The topological polar surface area (TPSA) is 49.3 Å². The first-order valence-corrected chi connectivity index (χ1v) is 7.70. The molecule has 2 N–H and O–H groups in total. The fourth-order valence-corrected chi connectivity index (χ4v) is 2.28. The van der Waals surface area contributed by atoms with E-state index in [1.807, 2.05) is 6.92 Å². The molecule has 0 aromatic heterocycles. The number of nitrogens with one attached hydrogen (secondary N) is 1. The number of phenols is 1. The van der Waals surface area contributed by atoms with Gasteiger partial charge in [0.05, 0.1) is 10.5 Å². The molecule has 1 rings (SSSR count). The Morgan fingerprint density at radius 2 is 2.11 bits per heavy atom. The van der Waals surface area contributed by atoms with Gasteiger partial charge in [-0.2, -0.15) is 0 Å². The fraction of sp³-hybridized carbons (Fsp3) is 0.533. The summed E-state index contributed by atoms with van der Waals surface area (Å²) in [6.07, 6.45) is 5.41. The minimum Gasteiger partial charge on any atom is -0.506 e.